The van der Waals surface area contributed by atoms with Crippen molar-refractivity contribution in [2.24, 2.45) is 0 Å². The summed E-state index contributed by atoms with van der Waals surface area (Å²) in [5.74, 6) is 0.966. The first-order valence-electron chi connectivity index (χ1n) is 6.38. The van der Waals surface area contributed by atoms with E-state index in [0.29, 0.717) is 6.61 Å². The van der Waals surface area contributed by atoms with Crippen molar-refractivity contribution in [3.05, 3.63) is 71.3 Å². The average molecular weight is 236 g/mol. The molecule has 0 bridgehead atoms. The molecule has 0 saturated heterocycles. The Hall–Kier alpha value is -2.02. The second kappa shape index (κ2) is 5.09. The molecule has 0 heterocycles. The molecule has 1 heteroatoms. The SMILES string of the molecule is C1=Cc2ccc(OCc3ccccc3)cc2CC1. The lowest BCUT2D eigenvalue weighted by Crippen LogP contribution is -1.98. The van der Waals surface area contributed by atoms with Crippen molar-refractivity contribution in [2.45, 2.75) is 19.4 Å². The standard InChI is InChI=1S/C17H16O/c1-2-6-14(7-3-1)13-18-17-11-10-15-8-4-5-9-16(15)12-17/h1-4,6-8,10-12H,5,9,13H2. The zero-order valence-electron chi connectivity index (χ0n) is 10.3. The number of benzene rings is 2. The first-order chi connectivity index (χ1) is 8.92. The van der Waals surface area contributed by atoms with Crippen LogP contribution in [0.4, 0.5) is 0 Å². The first kappa shape index (κ1) is 11.1. The molecule has 2 aromatic carbocycles. The van der Waals surface area contributed by atoms with Gasteiger partial charge in [0.25, 0.3) is 0 Å². The van der Waals surface area contributed by atoms with Crippen molar-refractivity contribution in [1.82, 2.24) is 0 Å². The Morgan fingerprint density at radius 2 is 1.89 bits per heavy atom. The lowest BCUT2D eigenvalue weighted by molar-refractivity contribution is 0.306. The summed E-state index contributed by atoms with van der Waals surface area (Å²) >= 11 is 0. The van der Waals surface area contributed by atoms with Crippen LogP contribution in [0, 0.1) is 0 Å². The second-order valence-corrected chi connectivity index (χ2v) is 4.58. The maximum absolute atomic E-state index is 5.83. The van der Waals surface area contributed by atoms with E-state index >= 15 is 0 Å². The van der Waals surface area contributed by atoms with Gasteiger partial charge in [-0.2, -0.15) is 0 Å². The van der Waals surface area contributed by atoms with Crippen molar-refractivity contribution in [2.75, 3.05) is 0 Å². The number of hydrogen-bond acceptors (Lipinski definition) is 1. The van der Waals surface area contributed by atoms with E-state index in [2.05, 4.69) is 42.5 Å². The summed E-state index contributed by atoms with van der Waals surface area (Å²) in [6, 6.07) is 16.6. The normalized spacial score (nSPS) is 13.1. The molecule has 0 unspecified atom stereocenters. The Morgan fingerprint density at radius 3 is 2.78 bits per heavy atom. The highest BCUT2D eigenvalue weighted by atomic mass is 16.5. The first-order valence-corrected chi connectivity index (χ1v) is 6.38. The number of rotatable bonds is 3. The number of ether oxygens (including phenoxy) is 1. The molecule has 0 aromatic heterocycles. The van der Waals surface area contributed by atoms with Gasteiger partial charge in [-0.05, 0) is 41.7 Å². The van der Waals surface area contributed by atoms with Gasteiger partial charge in [-0.3, -0.25) is 0 Å². The molecule has 0 amide bonds. The highest BCUT2D eigenvalue weighted by Gasteiger charge is 2.05. The minimum absolute atomic E-state index is 0.634. The van der Waals surface area contributed by atoms with Gasteiger partial charge in [-0.1, -0.05) is 48.6 Å². The summed E-state index contributed by atoms with van der Waals surface area (Å²) in [4.78, 5) is 0. The molecule has 0 spiro atoms. The predicted molar refractivity (Wildman–Crippen MR) is 74.6 cm³/mol. The van der Waals surface area contributed by atoms with Gasteiger partial charge < -0.3 is 4.74 Å². The van der Waals surface area contributed by atoms with Crippen molar-refractivity contribution < 1.29 is 4.74 Å². The largest absolute Gasteiger partial charge is 0.489 e. The topological polar surface area (TPSA) is 9.23 Å². The Morgan fingerprint density at radius 1 is 1.00 bits per heavy atom. The highest BCUT2D eigenvalue weighted by molar-refractivity contribution is 5.57. The molecular weight excluding hydrogens is 220 g/mol. The van der Waals surface area contributed by atoms with Crippen LogP contribution in [0.1, 0.15) is 23.1 Å². The van der Waals surface area contributed by atoms with Gasteiger partial charge in [0.1, 0.15) is 12.4 Å². The smallest absolute Gasteiger partial charge is 0.120 e. The van der Waals surface area contributed by atoms with Gasteiger partial charge in [0.2, 0.25) is 0 Å². The van der Waals surface area contributed by atoms with Crippen LogP contribution in [0.5, 0.6) is 5.75 Å². The number of fused-ring (bicyclic) bond motifs is 1. The fraction of sp³-hybridized carbons (Fsp3) is 0.176. The van der Waals surface area contributed by atoms with Crippen LogP contribution < -0.4 is 4.74 Å². The third kappa shape index (κ3) is 2.45. The van der Waals surface area contributed by atoms with Crippen LogP contribution in [0.25, 0.3) is 6.08 Å². The molecule has 90 valence electrons. The van der Waals surface area contributed by atoms with E-state index < -0.39 is 0 Å². The zero-order chi connectivity index (χ0) is 12.2. The molecule has 18 heavy (non-hydrogen) atoms. The van der Waals surface area contributed by atoms with Crippen molar-refractivity contribution >= 4 is 6.08 Å². The third-order valence-corrected chi connectivity index (χ3v) is 3.24. The molecule has 0 saturated carbocycles. The van der Waals surface area contributed by atoms with E-state index in [0.717, 1.165) is 18.6 Å². The molecule has 1 aliphatic rings. The minimum atomic E-state index is 0.634. The molecular formula is C17H16O. The summed E-state index contributed by atoms with van der Waals surface area (Å²) in [6.45, 7) is 0.634. The summed E-state index contributed by atoms with van der Waals surface area (Å²) < 4.78 is 5.83. The average Bonchev–Trinajstić information content (AvgIpc) is 2.46. The quantitative estimate of drug-likeness (QED) is 0.775. The van der Waals surface area contributed by atoms with E-state index in [4.69, 9.17) is 4.74 Å². The van der Waals surface area contributed by atoms with Crippen molar-refractivity contribution in [3.63, 3.8) is 0 Å². The lowest BCUT2D eigenvalue weighted by Gasteiger charge is -2.13. The second-order valence-electron chi connectivity index (χ2n) is 4.58. The van der Waals surface area contributed by atoms with Gasteiger partial charge in [0, 0.05) is 0 Å². The van der Waals surface area contributed by atoms with Crippen LogP contribution in [0.3, 0.4) is 0 Å². The number of allylic oxidation sites excluding steroid dienone is 1. The van der Waals surface area contributed by atoms with Gasteiger partial charge in [-0.25, -0.2) is 0 Å². The van der Waals surface area contributed by atoms with Crippen LogP contribution >= 0.6 is 0 Å². The molecule has 0 N–H and O–H groups in total. The van der Waals surface area contributed by atoms with E-state index in [-0.39, 0.29) is 0 Å². The summed E-state index contributed by atoms with van der Waals surface area (Å²) in [5.41, 5.74) is 3.92. The van der Waals surface area contributed by atoms with Gasteiger partial charge in [-0.15, -0.1) is 0 Å². The fourth-order valence-electron chi connectivity index (χ4n) is 2.24. The maximum Gasteiger partial charge on any atom is 0.120 e. The zero-order valence-corrected chi connectivity index (χ0v) is 10.3. The number of hydrogen-bond donors (Lipinski definition) is 0. The Labute approximate surface area is 108 Å². The molecule has 1 aliphatic carbocycles. The molecule has 0 atom stereocenters. The van der Waals surface area contributed by atoms with Crippen LogP contribution in [-0.2, 0) is 13.0 Å². The van der Waals surface area contributed by atoms with Gasteiger partial charge >= 0.3 is 0 Å². The van der Waals surface area contributed by atoms with E-state index in [1.165, 1.54) is 16.7 Å². The van der Waals surface area contributed by atoms with Gasteiger partial charge in [0.05, 0.1) is 0 Å². The van der Waals surface area contributed by atoms with Crippen LogP contribution in [0.2, 0.25) is 0 Å². The van der Waals surface area contributed by atoms with E-state index in [1.54, 1.807) is 0 Å². The predicted octanol–water partition coefficient (Wildman–Crippen LogP) is 4.23. The lowest BCUT2D eigenvalue weighted by atomic mass is 9.97. The fourth-order valence-corrected chi connectivity index (χ4v) is 2.24. The Kier molecular flexibility index (Phi) is 3.14. The molecule has 0 fully saturated rings. The minimum Gasteiger partial charge on any atom is -0.489 e. The van der Waals surface area contributed by atoms with Crippen molar-refractivity contribution in [1.29, 1.82) is 0 Å². The van der Waals surface area contributed by atoms with Crippen LogP contribution in [-0.4, -0.2) is 0 Å². The molecule has 3 rings (SSSR count). The molecule has 0 radical (unpaired) electrons. The maximum atomic E-state index is 5.83. The number of aryl methyl sites for hydroxylation is 1. The van der Waals surface area contributed by atoms with Crippen molar-refractivity contribution in [3.8, 4) is 5.75 Å². The molecule has 2 aromatic rings. The Bertz CT molecular complexity index is 555. The van der Waals surface area contributed by atoms with Crippen LogP contribution in [0.15, 0.2) is 54.6 Å². The summed E-state index contributed by atoms with van der Waals surface area (Å²) in [5, 5.41) is 0. The summed E-state index contributed by atoms with van der Waals surface area (Å²) in [7, 11) is 0. The van der Waals surface area contributed by atoms with E-state index in [1.807, 2.05) is 18.2 Å². The molecule has 0 aliphatic heterocycles. The summed E-state index contributed by atoms with van der Waals surface area (Å²) in [6.07, 6.45) is 6.68. The third-order valence-electron chi connectivity index (χ3n) is 3.24. The molecule has 1 nitrogen and oxygen atoms in total. The van der Waals surface area contributed by atoms with E-state index in [9.17, 15) is 0 Å². The highest BCUT2D eigenvalue weighted by Crippen LogP contribution is 2.24. The monoisotopic (exact) mass is 236 g/mol. The Balaban J connectivity index is 1.72. The van der Waals surface area contributed by atoms with Gasteiger partial charge in [0.15, 0.2) is 0 Å².